The van der Waals surface area contributed by atoms with Gasteiger partial charge in [0.1, 0.15) is 5.82 Å². The maximum Gasteiger partial charge on any atom is 0.253 e. The fourth-order valence-corrected chi connectivity index (χ4v) is 3.62. The summed E-state index contributed by atoms with van der Waals surface area (Å²) < 4.78 is 18.4. The number of amides is 1. The monoisotopic (exact) mass is 396 g/mol. The average Bonchev–Trinajstić information content (AvgIpc) is 2.69. The Bertz CT molecular complexity index is 890. The molecule has 1 fully saturated rings. The topological polar surface area (TPSA) is 98.9 Å². The van der Waals surface area contributed by atoms with Crippen molar-refractivity contribution in [2.45, 2.75) is 45.1 Å². The Balaban J connectivity index is 1.50. The average molecular weight is 396 g/mol. The Morgan fingerprint density at radius 3 is 2.59 bits per heavy atom. The van der Waals surface area contributed by atoms with Gasteiger partial charge in [-0.15, -0.1) is 0 Å². The van der Waals surface area contributed by atoms with Crippen molar-refractivity contribution in [2.75, 3.05) is 0 Å². The number of nitrogens with zero attached hydrogens (tertiary/aromatic N) is 1. The maximum atomic E-state index is 13.4. The Hall–Kier alpha value is -3.09. The smallest absolute Gasteiger partial charge is 0.253 e. The maximum absolute atomic E-state index is 13.4. The first-order valence-corrected chi connectivity index (χ1v) is 9.74. The predicted octanol–water partition coefficient (Wildman–Crippen LogP) is 4.56. The minimum absolute atomic E-state index is 0.0352. The van der Waals surface area contributed by atoms with Crippen molar-refractivity contribution in [1.29, 1.82) is 10.8 Å². The molecule has 1 aromatic carbocycles. The third kappa shape index (κ3) is 5.94. The minimum atomic E-state index is -0.323. The number of halogens is 1. The van der Waals surface area contributed by atoms with Gasteiger partial charge in [0.2, 0.25) is 0 Å². The lowest BCUT2D eigenvalue weighted by atomic mass is 9.84. The van der Waals surface area contributed by atoms with E-state index in [2.05, 4.69) is 10.3 Å². The molecule has 0 radical (unpaired) electrons. The zero-order chi connectivity index (χ0) is 20.8. The van der Waals surface area contributed by atoms with Gasteiger partial charge < -0.3 is 10.1 Å². The molecule has 1 saturated carbocycles. The van der Waals surface area contributed by atoms with E-state index in [1.54, 1.807) is 24.3 Å². The van der Waals surface area contributed by atoms with Crippen molar-refractivity contribution in [3.63, 3.8) is 0 Å². The number of benzene rings is 1. The van der Waals surface area contributed by atoms with Crippen molar-refractivity contribution in [3.8, 4) is 11.3 Å². The number of carbonyl (C=O) groups is 1. The molecule has 1 heterocycles. The molecule has 1 aromatic heterocycles. The van der Waals surface area contributed by atoms with Crippen LogP contribution >= 0.6 is 0 Å². The van der Waals surface area contributed by atoms with Gasteiger partial charge >= 0.3 is 0 Å². The highest BCUT2D eigenvalue weighted by Crippen LogP contribution is 2.27. The molecule has 3 N–H and O–H groups in total. The van der Waals surface area contributed by atoms with E-state index in [4.69, 9.17) is 15.6 Å². The normalized spacial score (nSPS) is 18.7. The van der Waals surface area contributed by atoms with E-state index in [9.17, 15) is 9.18 Å². The summed E-state index contributed by atoms with van der Waals surface area (Å²) in [5.41, 5.74) is 1.76. The lowest BCUT2D eigenvalue weighted by Gasteiger charge is -2.29. The number of aromatic nitrogens is 1. The van der Waals surface area contributed by atoms with Gasteiger partial charge in [-0.3, -0.25) is 20.6 Å². The molecule has 6 nitrogen and oxygen atoms in total. The van der Waals surface area contributed by atoms with Crippen LogP contribution in [0.5, 0.6) is 0 Å². The first-order chi connectivity index (χ1) is 13.9. The second kappa shape index (κ2) is 9.41. The van der Waals surface area contributed by atoms with E-state index in [-0.39, 0.29) is 29.6 Å². The Morgan fingerprint density at radius 1 is 1.21 bits per heavy atom. The molecule has 152 valence electrons. The summed E-state index contributed by atoms with van der Waals surface area (Å²) >= 11 is 0. The number of rotatable bonds is 5. The zero-order valence-electron chi connectivity index (χ0n) is 16.4. The molecule has 1 aliphatic carbocycles. The molecule has 0 aliphatic heterocycles. The third-order valence-corrected chi connectivity index (χ3v) is 5.08. The molecule has 1 aliphatic rings. The van der Waals surface area contributed by atoms with E-state index >= 15 is 0 Å². The van der Waals surface area contributed by atoms with Gasteiger partial charge in [-0.2, -0.15) is 0 Å². The highest BCUT2D eigenvalue weighted by Gasteiger charge is 2.24. The summed E-state index contributed by atoms with van der Waals surface area (Å²) in [4.78, 5) is 16.8. The van der Waals surface area contributed by atoms with Gasteiger partial charge in [-0.05, 0) is 55.9 Å². The molecule has 7 heteroatoms. The quantitative estimate of drug-likeness (QED) is 0.510. The van der Waals surface area contributed by atoms with Crippen LogP contribution in [0.2, 0.25) is 0 Å². The molecule has 29 heavy (non-hydrogen) atoms. The number of hydrogen-bond acceptors (Lipinski definition) is 5. The van der Waals surface area contributed by atoms with Crippen LogP contribution < -0.4 is 5.32 Å². The number of hydrogen-bond donors (Lipinski definition) is 3. The lowest BCUT2D eigenvalue weighted by molar-refractivity contribution is 0.0921. The van der Waals surface area contributed by atoms with Crippen molar-refractivity contribution >= 4 is 17.7 Å². The Kier molecular flexibility index (Phi) is 6.69. The zero-order valence-corrected chi connectivity index (χ0v) is 16.4. The van der Waals surface area contributed by atoms with Gasteiger partial charge in [0, 0.05) is 31.1 Å². The fraction of sp³-hybridized carbons (Fsp3) is 0.364. The van der Waals surface area contributed by atoms with Crippen LogP contribution in [0.3, 0.4) is 0 Å². The van der Waals surface area contributed by atoms with Crippen LogP contribution in [0.15, 0.2) is 42.6 Å². The second-order valence-electron chi connectivity index (χ2n) is 7.42. The van der Waals surface area contributed by atoms with E-state index in [0.717, 1.165) is 25.7 Å². The summed E-state index contributed by atoms with van der Waals surface area (Å²) in [5, 5.41) is 18.1. The van der Waals surface area contributed by atoms with Crippen molar-refractivity contribution < 1.29 is 13.9 Å². The number of ether oxygens (including phenoxy) is 1. The van der Waals surface area contributed by atoms with E-state index in [0.29, 0.717) is 29.2 Å². The fourth-order valence-electron chi connectivity index (χ4n) is 3.62. The van der Waals surface area contributed by atoms with Crippen LogP contribution in [0.25, 0.3) is 11.3 Å². The minimum Gasteiger partial charge on any atom is -0.430 e. The van der Waals surface area contributed by atoms with Crippen LogP contribution in [-0.2, 0) is 4.74 Å². The van der Waals surface area contributed by atoms with Crippen LogP contribution in [0, 0.1) is 22.6 Å². The SMILES string of the molecule is CC(=N)OC(=N)CC1CCC(NC(=O)c2ccc(-c3cccc(F)c3)nc2)CC1. The van der Waals surface area contributed by atoms with Gasteiger partial charge in [0.05, 0.1) is 11.3 Å². The predicted molar refractivity (Wildman–Crippen MR) is 110 cm³/mol. The van der Waals surface area contributed by atoms with Crippen molar-refractivity contribution in [1.82, 2.24) is 10.3 Å². The molecule has 0 spiro atoms. The summed E-state index contributed by atoms with van der Waals surface area (Å²) in [6.07, 6.45) is 5.56. The van der Waals surface area contributed by atoms with E-state index in [1.165, 1.54) is 25.3 Å². The van der Waals surface area contributed by atoms with Gasteiger partial charge in [0.25, 0.3) is 5.91 Å². The first-order valence-electron chi connectivity index (χ1n) is 9.74. The van der Waals surface area contributed by atoms with E-state index < -0.39 is 0 Å². The van der Waals surface area contributed by atoms with Gasteiger partial charge in [-0.1, -0.05) is 12.1 Å². The summed E-state index contributed by atoms with van der Waals surface area (Å²) in [5.74, 6) is 0.0308. The molecule has 3 rings (SSSR count). The summed E-state index contributed by atoms with van der Waals surface area (Å²) in [7, 11) is 0. The Labute approximate surface area is 169 Å². The van der Waals surface area contributed by atoms with Gasteiger partial charge in [-0.25, -0.2) is 4.39 Å². The molecule has 0 bridgehead atoms. The molecule has 0 unspecified atom stereocenters. The standard InChI is InChI=1S/C22H25FN4O2/c1-14(24)29-21(25)11-15-5-8-19(9-6-15)27-22(28)17-7-10-20(26-13-17)16-3-2-4-18(23)12-16/h2-4,7,10,12-13,15,19,24-25H,5-6,8-9,11H2,1H3,(H,27,28). The Morgan fingerprint density at radius 2 is 1.97 bits per heavy atom. The lowest BCUT2D eigenvalue weighted by Crippen LogP contribution is -2.38. The largest absolute Gasteiger partial charge is 0.430 e. The molecular formula is C22H25FN4O2. The number of nitrogens with one attached hydrogen (secondary N) is 3. The number of pyridine rings is 1. The van der Waals surface area contributed by atoms with Crippen LogP contribution in [0.4, 0.5) is 4.39 Å². The second-order valence-corrected chi connectivity index (χ2v) is 7.42. The highest BCUT2D eigenvalue weighted by atomic mass is 19.1. The number of carbonyl (C=O) groups excluding carboxylic acids is 1. The molecular weight excluding hydrogens is 371 g/mol. The van der Waals surface area contributed by atoms with Crippen molar-refractivity contribution in [3.05, 3.63) is 54.0 Å². The highest BCUT2D eigenvalue weighted by molar-refractivity contribution is 5.94. The molecule has 0 atom stereocenters. The first kappa shape index (κ1) is 20.6. The third-order valence-electron chi connectivity index (χ3n) is 5.08. The molecule has 1 amide bonds. The van der Waals surface area contributed by atoms with Crippen LogP contribution in [-0.4, -0.2) is 28.7 Å². The molecule has 0 saturated heterocycles. The summed E-state index contributed by atoms with van der Waals surface area (Å²) in [6.45, 7) is 1.51. The van der Waals surface area contributed by atoms with E-state index in [1.807, 2.05) is 0 Å². The summed E-state index contributed by atoms with van der Waals surface area (Å²) in [6, 6.07) is 9.71. The molecule has 2 aromatic rings. The van der Waals surface area contributed by atoms with Gasteiger partial charge in [0.15, 0.2) is 11.8 Å². The van der Waals surface area contributed by atoms with Crippen LogP contribution in [0.1, 0.15) is 49.4 Å². The van der Waals surface area contributed by atoms with Crippen molar-refractivity contribution in [2.24, 2.45) is 5.92 Å².